The van der Waals surface area contributed by atoms with Crippen molar-refractivity contribution in [2.75, 3.05) is 11.9 Å². The van der Waals surface area contributed by atoms with Gasteiger partial charge in [0.2, 0.25) is 5.95 Å². The number of H-pyrrole nitrogens is 1. The number of aromatic amines is 1. The van der Waals surface area contributed by atoms with Crippen molar-refractivity contribution in [3.05, 3.63) is 35.4 Å². The van der Waals surface area contributed by atoms with Crippen LogP contribution in [-0.4, -0.2) is 61.9 Å². The molecule has 5 rings (SSSR count). The quantitative estimate of drug-likeness (QED) is 0.375. The Morgan fingerprint density at radius 2 is 2.08 bits per heavy atom. The third kappa shape index (κ3) is 5.93. The molecule has 3 N–H and O–H groups in total. The molecule has 2 fully saturated rings. The first-order valence-corrected chi connectivity index (χ1v) is 11.7. The van der Waals surface area contributed by atoms with Crippen molar-refractivity contribution < 1.29 is 36.6 Å². The highest BCUT2D eigenvalue weighted by Gasteiger charge is 2.42. The maximum Gasteiger partial charge on any atom is 0.522 e. The summed E-state index contributed by atoms with van der Waals surface area (Å²) < 4.78 is 68.4. The first-order valence-electron chi connectivity index (χ1n) is 11.7. The highest BCUT2D eigenvalue weighted by Crippen LogP contribution is 2.40. The number of hydrogen-bond donors (Lipinski definition) is 3. The Hall–Kier alpha value is -3.46. The molecule has 4 heterocycles. The van der Waals surface area contributed by atoms with Gasteiger partial charge in [-0.1, -0.05) is 0 Å². The lowest BCUT2D eigenvalue weighted by Crippen LogP contribution is -2.36. The predicted octanol–water partition coefficient (Wildman–Crippen LogP) is 4.02. The Morgan fingerprint density at radius 3 is 2.78 bits per heavy atom. The fourth-order valence-electron chi connectivity index (χ4n) is 3.96. The van der Waals surface area contributed by atoms with E-state index in [2.05, 4.69) is 35.5 Å². The summed E-state index contributed by atoms with van der Waals surface area (Å²) in [4.78, 5) is 20.6. The summed E-state index contributed by atoms with van der Waals surface area (Å²) in [6.45, 7) is 2.64. The van der Waals surface area contributed by atoms with Crippen LogP contribution in [0.2, 0.25) is 0 Å². The van der Waals surface area contributed by atoms with Crippen LogP contribution >= 0.6 is 0 Å². The number of ether oxygens (including phenoxy) is 3. The molecule has 37 heavy (non-hydrogen) atoms. The van der Waals surface area contributed by atoms with Crippen LogP contribution in [0.1, 0.15) is 55.8 Å². The monoisotopic (exact) mass is 527 g/mol. The number of alkyl carbamates (subject to hydrolysis) is 1. The van der Waals surface area contributed by atoms with E-state index in [1.54, 1.807) is 19.9 Å². The second kappa shape index (κ2) is 9.78. The van der Waals surface area contributed by atoms with Crippen LogP contribution in [0.4, 0.5) is 34.1 Å². The molecule has 1 saturated carbocycles. The number of rotatable bonds is 8. The smallest absolute Gasteiger partial charge is 0.441 e. The Kier molecular flexibility index (Phi) is 6.66. The molecule has 0 radical (unpaired) electrons. The van der Waals surface area contributed by atoms with Gasteiger partial charge in [-0.15, -0.1) is 13.2 Å². The fraction of sp³-hybridized carbons (Fsp3) is 0.545. The summed E-state index contributed by atoms with van der Waals surface area (Å²) in [5.74, 6) is 0.797. The van der Waals surface area contributed by atoms with Gasteiger partial charge in [0, 0.05) is 30.3 Å². The van der Waals surface area contributed by atoms with E-state index in [0.29, 0.717) is 11.3 Å². The normalized spacial score (nSPS) is 22.1. The second-order valence-corrected chi connectivity index (χ2v) is 9.25. The summed E-state index contributed by atoms with van der Waals surface area (Å²) in [6.07, 6.45) is -5.96. The first-order chi connectivity index (χ1) is 17.6. The van der Waals surface area contributed by atoms with E-state index in [0.717, 1.165) is 18.5 Å². The van der Waals surface area contributed by atoms with Crippen molar-refractivity contribution in [3.63, 3.8) is 0 Å². The fourth-order valence-corrected chi connectivity index (χ4v) is 3.96. The molecule has 1 aliphatic carbocycles. The van der Waals surface area contributed by atoms with Crippen molar-refractivity contribution >= 4 is 23.5 Å². The van der Waals surface area contributed by atoms with E-state index in [-0.39, 0.29) is 36.0 Å². The lowest BCUT2D eigenvalue weighted by atomic mass is 10.1. The van der Waals surface area contributed by atoms with Gasteiger partial charge in [-0.2, -0.15) is 5.10 Å². The van der Waals surface area contributed by atoms with Gasteiger partial charge >= 0.3 is 12.5 Å². The Bertz CT molecular complexity index is 1270. The summed E-state index contributed by atoms with van der Waals surface area (Å²) in [7, 11) is 0. The minimum Gasteiger partial charge on any atom is -0.441 e. The van der Waals surface area contributed by atoms with Gasteiger partial charge in [-0.05, 0) is 26.7 Å². The predicted molar refractivity (Wildman–Crippen MR) is 120 cm³/mol. The van der Waals surface area contributed by atoms with Crippen LogP contribution in [-0.2, 0) is 20.8 Å². The van der Waals surface area contributed by atoms with Gasteiger partial charge in [0.25, 0.3) is 0 Å². The lowest BCUT2D eigenvalue weighted by molar-refractivity contribution is -0.330. The minimum absolute atomic E-state index is 0.0741. The minimum atomic E-state index is -4.78. The standard InChI is InChI=1S/C22H25F4N7O4/c1-10(2)27-21(34)37-15-9-35-19(18(15)23)14-5-16(32-31-14)30-20-29-13(11-3-4-11)6-17-28-12(7-33(17)20)8-36-22(24,25)26/h5-7,10-11,15,18-19H,3-4,8-9H2,1-2H3,(H,27,34)(H2,29,30,31,32)/t15-,18+,19-/m0/s1. The number of alkyl halides is 4. The first kappa shape index (κ1) is 25.2. The highest BCUT2D eigenvalue weighted by molar-refractivity contribution is 5.67. The van der Waals surface area contributed by atoms with Crippen LogP contribution in [0, 0.1) is 0 Å². The largest absolute Gasteiger partial charge is 0.522 e. The molecule has 1 saturated heterocycles. The van der Waals surface area contributed by atoms with Crippen LogP contribution in [0.5, 0.6) is 0 Å². The number of amides is 1. The molecule has 1 amide bonds. The number of nitrogens with one attached hydrogen (secondary N) is 3. The maximum atomic E-state index is 15.0. The van der Waals surface area contributed by atoms with E-state index in [9.17, 15) is 22.4 Å². The molecule has 3 atom stereocenters. The number of carbonyl (C=O) groups excluding carboxylic acids is 1. The number of imidazole rings is 1. The number of aromatic nitrogens is 5. The molecular formula is C22H25F4N7O4. The second-order valence-electron chi connectivity index (χ2n) is 9.25. The summed E-state index contributed by atoms with van der Waals surface area (Å²) in [5, 5.41) is 12.4. The summed E-state index contributed by atoms with van der Waals surface area (Å²) in [6, 6.07) is 3.09. The Labute approximate surface area is 207 Å². The zero-order valence-corrected chi connectivity index (χ0v) is 19.9. The van der Waals surface area contributed by atoms with Crippen LogP contribution in [0.15, 0.2) is 18.3 Å². The summed E-state index contributed by atoms with van der Waals surface area (Å²) in [5.41, 5.74) is 1.54. The Balaban J connectivity index is 1.32. The molecule has 11 nitrogen and oxygen atoms in total. The molecule has 2 aliphatic rings. The van der Waals surface area contributed by atoms with E-state index < -0.39 is 37.4 Å². The van der Waals surface area contributed by atoms with Crippen LogP contribution in [0.3, 0.4) is 0 Å². The van der Waals surface area contributed by atoms with E-state index >= 15 is 0 Å². The molecule has 3 aromatic heterocycles. The van der Waals surface area contributed by atoms with E-state index in [1.165, 1.54) is 16.7 Å². The highest BCUT2D eigenvalue weighted by atomic mass is 19.4. The van der Waals surface area contributed by atoms with Crippen LogP contribution < -0.4 is 10.6 Å². The van der Waals surface area contributed by atoms with E-state index in [1.807, 2.05) is 0 Å². The third-order valence-electron chi connectivity index (χ3n) is 5.80. The van der Waals surface area contributed by atoms with E-state index in [4.69, 9.17) is 9.47 Å². The molecule has 1 aliphatic heterocycles. The topological polar surface area (TPSA) is 128 Å². The van der Waals surface area contributed by atoms with Crippen molar-refractivity contribution in [1.82, 2.24) is 29.9 Å². The SMILES string of the molecule is CC(C)NC(=O)O[C@H]1CO[C@@H](c2cc(Nc3nc(C4CC4)cc4nc(COC(F)(F)F)cn34)n[nH]2)[C@@H]1F. The van der Waals surface area contributed by atoms with Gasteiger partial charge in [-0.3, -0.25) is 14.2 Å². The van der Waals surface area contributed by atoms with Gasteiger partial charge in [0.05, 0.1) is 30.3 Å². The number of carbonyl (C=O) groups is 1. The van der Waals surface area contributed by atoms with Gasteiger partial charge in [-0.25, -0.2) is 19.2 Å². The lowest BCUT2D eigenvalue weighted by Gasteiger charge is -2.16. The van der Waals surface area contributed by atoms with Gasteiger partial charge < -0.3 is 20.1 Å². The van der Waals surface area contributed by atoms with Crippen molar-refractivity contribution in [1.29, 1.82) is 0 Å². The van der Waals surface area contributed by atoms with Crippen molar-refractivity contribution in [2.24, 2.45) is 0 Å². The average Bonchev–Trinajstić information content (AvgIpc) is 3.25. The van der Waals surface area contributed by atoms with Crippen LogP contribution in [0.25, 0.3) is 5.65 Å². The molecule has 200 valence electrons. The van der Waals surface area contributed by atoms with Gasteiger partial charge in [0.1, 0.15) is 11.8 Å². The van der Waals surface area contributed by atoms with Gasteiger partial charge in [0.15, 0.2) is 18.1 Å². The maximum absolute atomic E-state index is 15.0. The Morgan fingerprint density at radius 1 is 1.30 bits per heavy atom. The zero-order valence-electron chi connectivity index (χ0n) is 19.9. The third-order valence-corrected chi connectivity index (χ3v) is 5.80. The molecule has 0 spiro atoms. The number of hydrogen-bond acceptors (Lipinski definition) is 8. The molecule has 0 aromatic carbocycles. The number of fused-ring (bicyclic) bond motifs is 1. The number of anilines is 2. The molecule has 0 bridgehead atoms. The number of halogens is 4. The zero-order chi connectivity index (χ0) is 26.3. The molecule has 15 heteroatoms. The molecule has 3 aromatic rings. The average molecular weight is 527 g/mol. The number of nitrogens with zero attached hydrogens (tertiary/aromatic N) is 4. The molecule has 0 unspecified atom stereocenters. The van der Waals surface area contributed by atoms with Crippen molar-refractivity contribution in [3.8, 4) is 0 Å². The molecular weight excluding hydrogens is 502 g/mol. The summed E-state index contributed by atoms with van der Waals surface area (Å²) >= 11 is 0. The van der Waals surface area contributed by atoms with Crippen molar-refractivity contribution in [2.45, 2.75) is 70.0 Å².